The van der Waals surface area contributed by atoms with E-state index in [0.717, 1.165) is 19.7 Å². The predicted octanol–water partition coefficient (Wildman–Crippen LogP) is -1.24. The second-order valence-electron chi connectivity index (χ2n) is 4.59. The molecule has 1 aliphatic rings. The summed E-state index contributed by atoms with van der Waals surface area (Å²) in [5, 5.41) is 3.14. The number of rotatable bonds is 5. The Morgan fingerprint density at radius 2 is 2.44 bits per heavy atom. The molecule has 106 valence electrons. The molecule has 0 amide bonds. The summed E-state index contributed by atoms with van der Waals surface area (Å²) in [6, 6.07) is 0.153. The zero-order valence-electron chi connectivity index (χ0n) is 11.5. The number of nitrogens with two attached hydrogens (primary N) is 1. The molecular weight excluding hydrogens is 234 g/mol. The Kier molecular flexibility index (Phi) is 6.96. The van der Waals surface area contributed by atoms with Crippen LogP contribution < -0.4 is 16.6 Å². The van der Waals surface area contributed by atoms with E-state index in [4.69, 9.17) is 15.3 Å². The summed E-state index contributed by atoms with van der Waals surface area (Å²) in [4.78, 5) is 6.62. The highest BCUT2D eigenvalue weighted by Crippen LogP contribution is 2.02. The first-order chi connectivity index (χ1) is 8.65. The van der Waals surface area contributed by atoms with Crippen LogP contribution in [-0.4, -0.2) is 70.0 Å². The molecule has 0 aromatic carbocycles. The summed E-state index contributed by atoms with van der Waals surface area (Å²) in [5.74, 6) is 5.99. The van der Waals surface area contributed by atoms with Gasteiger partial charge >= 0.3 is 0 Å². The van der Waals surface area contributed by atoms with Gasteiger partial charge in [-0.3, -0.25) is 5.43 Å². The van der Waals surface area contributed by atoms with Crippen molar-refractivity contribution < 1.29 is 9.47 Å². The number of nitrogens with one attached hydrogen (secondary N) is 2. The number of methoxy groups -OCH3 is 1. The standard InChI is InChI=1S/C11H25N5O2/c1-9(8-17-3)14-11(15-12)13-6-10-7-16(2)4-5-18-10/h9-10H,4-8,12H2,1-3H3,(H2,13,14,15). The Hall–Kier alpha value is -0.890. The van der Waals surface area contributed by atoms with Crippen molar-refractivity contribution in [3.63, 3.8) is 0 Å². The molecule has 1 saturated heterocycles. The lowest BCUT2D eigenvalue weighted by atomic mass is 10.3. The van der Waals surface area contributed by atoms with Gasteiger partial charge < -0.3 is 19.7 Å². The van der Waals surface area contributed by atoms with Crippen LogP contribution in [0.4, 0.5) is 0 Å². The highest BCUT2D eigenvalue weighted by molar-refractivity contribution is 5.79. The van der Waals surface area contributed by atoms with Gasteiger partial charge in [0.2, 0.25) is 5.96 Å². The van der Waals surface area contributed by atoms with Crippen LogP contribution in [0, 0.1) is 0 Å². The van der Waals surface area contributed by atoms with Gasteiger partial charge in [0.25, 0.3) is 0 Å². The Balaban J connectivity index is 2.36. The number of hydrogen-bond donors (Lipinski definition) is 3. The van der Waals surface area contributed by atoms with E-state index in [1.165, 1.54) is 0 Å². The van der Waals surface area contributed by atoms with E-state index in [0.29, 0.717) is 19.1 Å². The van der Waals surface area contributed by atoms with E-state index in [2.05, 4.69) is 27.7 Å². The summed E-state index contributed by atoms with van der Waals surface area (Å²) >= 11 is 0. The quantitative estimate of drug-likeness (QED) is 0.248. The number of hydrogen-bond acceptors (Lipinski definition) is 5. The van der Waals surface area contributed by atoms with Crippen LogP contribution in [0.25, 0.3) is 0 Å². The van der Waals surface area contributed by atoms with Crippen LogP contribution >= 0.6 is 0 Å². The number of likely N-dealkylation sites (N-methyl/N-ethyl adjacent to an activating group) is 1. The summed E-state index contributed by atoms with van der Waals surface area (Å²) in [7, 11) is 3.75. The van der Waals surface area contributed by atoms with E-state index in [-0.39, 0.29) is 12.1 Å². The SMILES string of the molecule is COCC(C)NC(=NCC1CN(C)CCO1)NN. The number of hydrazine groups is 1. The van der Waals surface area contributed by atoms with Crippen LogP contribution in [-0.2, 0) is 9.47 Å². The fourth-order valence-corrected chi connectivity index (χ4v) is 1.83. The smallest absolute Gasteiger partial charge is 0.206 e. The average Bonchev–Trinajstić information content (AvgIpc) is 2.35. The lowest BCUT2D eigenvalue weighted by Crippen LogP contribution is -2.48. The molecule has 7 heteroatoms. The molecule has 0 spiro atoms. The molecule has 7 nitrogen and oxygen atoms in total. The molecule has 0 saturated carbocycles. The first kappa shape index (κ1) is 15.2. The van der Waals surface area contributed by atoms with Crippen molar-refractivity contribution in [2.75, 3.05) is 47.0 Å². The molecule has 0 aromatic rings. The molecule has 18 heavy (non-hydrogen) atoms. The fourth-order valence-electron chi connectivity index (χ4n) is 1.83. The van der Waals surface area contributed by atoms with Gasteiger partial charge in [0, 0.05) is 26.2 Å². The van der Waals surface area contributed by atoms with E-state index < -0.39 is 0 Å². The molecule has 2 unspecified atom stereocenters. The number of ether oxygens (including phenoxy) is 2. The molecule has 1 fully saturated rings. The third kappa shape index (κ3) is 5.63. The average molecular weight is 259 g/mol. The molecule has 1 aliphatic heterocycles. The zero-order valence-corrected chi connectivity index (χ0v) is 11.5. The second kappa shape index (κ2) is 8.25. The van der Waals surface area contributed by atoms with Gasteiger partial charge in [-0.15, -0.1) is 0 Å². The van der Waals surface area contributed by atoms with Gasteiger partial charge in [-0.25, -0.2) is 10.8 Å². The number of nitrogens with zero attached hydrogens (tertiary/aromatic N) is 2. The highest BCUT2D eigenvalue weighted by Gasteiger charge is 2.17. The topological polar surface area (TPSA) is 84.1 Å². The molecule has 1 heterocycles. The zero-order chi connectivity index (χ0) is 13.4. The Morgan fingerprint density at radius 1 is 1.67 bits per heavy atom. The third-order valence-electron chi connectivity index (χ3n) is 2.73. The first-order valence-corrected chi connectivity index (χ1v) is 6.22. The van der Waals surface area contributed by atoms with Gasteiger partial charge in [-0.05, 0) is 14.0 Å². The minimum Gasteiger partial charge on any atom is -0.383 e. The molecule has 0 aliphatic carbocycles. The molecular formula is C11H25N5O2. The lowest BCUT2D eigenvalue weighted by molar-refractivity contribution is -0.0136. The van der Waals surface area contributed by atoms with E-state index >= 15 is 0 Å². The minimum absolute atomic E-state index is 0.131. The van der Waals surface area contributed by atoms with Gasteiger partial charge in [-0.2, -0.15) is 0 Å². The molecule has 0 bridgehead atoms. The van der Waals surface area contributed by atoms with E-state index in [9.17, 15) is 0 Å². The van der Waals surface area contributed by atoms with Crippen molar-refractivity contribution in [2.24, 2.45) is 10.8 Å². The van der Waals surface area contributed by atoms with Gasteiger partial charge in [0.15, 0.2) is 0 Å². The maximum absolute atomic E-state index is 5.63. The third-order valence-corrected chi connectivity index (χ3v) is 2.73. The maximum atomic E-state index is 5.63. The number of guanidine groups is 1. The van der Waals surface area contributed by atoms with Crippen LogP contribution in [0.15, 0.2) is 4.99 Å². The number of morpholine rings is 1. The minimum atomic E-state index is 0.131. The lowest BCUT2D eigenvalue weighted by Gasteiger charge is -2.29. The van der Waals surface area contributed by atoms with Crippen molar-refractivity contribution in [2.45, 2.75) is 19.1 Å². The van der Waals surface area contributed by atoms with Crippen LogP contribution in [0.3, 0.4) is 0 Å². The molecule has 2 atom stereocenters. The molecule has 1 rings (SSSR count). The Morgan fingerprint density at radius 3 is 3.06 bits per heavy atom. The summed E-state index contributed by atoms with van der Waals surface area (Å²) in [6.45, 7) is 5.83. The summed E-state index contributed by atoms with van der Waals surface area (Å²) in [6.07, 6.45) is 0.131. The highest BCUT2D eigenvalue weighted by atomic mass is 16.5. The van der Waals surface area contributed by atoms with Gasteiger partial charge in [0.05, 0.1) is 25.9 Å². The van der Waals surface area contributed by atoms with Crippen molar-refractivity contribution in [3.8, 4) is 0 Å². The molecule has 4 N–H and O–H groups in total. The molecule has 0 aromatic heterocycles. The summed E-state index contributed by atoms with van der Waals surface area (Å²) < 4.78 is 10.7. The Labute approximate surface area is 109 Å². The van der Waals surface area contributed by atoms with Crippen LogP contribution in [0.5, 0.6) is 0 Å². The van der Waals surface area contributed by atoms with Gasteiger partial charge in [0.1, 0.15) is 0 Å². The number of aliphatic imine (C=N–C) groups is 1. The van der Waals surface area contributed by atoms with E-state index in [1.54, 1.807) is 7.11 Å². The second-order valence-corrected chi connectivity index (χ2v) is 4.59. The Bertz CT molecular complexity index is 262. The van der Waals surface area contributed by atoms with Crippen molar-refractivity contribution in [3.05, 3.63) is 0 Å². The predicted molar refractivity (Wildman–Crippen MR) is 71.3 cm³/mol. The van der Waals surface area contributed by atoms with Crippen molar-refractivity contribution >= 4 is 5.96 Å². The largest absolute Gasteiger partial charge is 0.383 e. The summed E-state index contributed by atoms with van der Waals surface area (Å²) in [5.41, 5.74) is 2.56. The molecule has 0 radical (unpaired) electrons. The van der Waals surface area contributed by atoms with Crippen LogP contribution in [0.2, 0.25) is 0 Å². The van der Waals surface area contributed by atoms with Crippen LogP contribution in [0.1, 0.15) is 6.92 Å². The van der Waals surface area contributed by atoms with Crippen molar-refractivity contribution in [1.82, 2.24) is 15.6 Å². The first-order valence-electron chi connectivity index (χ1n) is 6.22. The fraction of sp³-hybridized carbons (Fsp3) is 0.909. The van der Waals surface area contributed by atoms with E-state index in [1.807, 2.05) is 6.92 Å². The maximum Gasteiger partial charge on any atom is 0.206 e. The monoisotopic (exact) mass is 259 g/mol. The normalized spacial score (nSPS) is 23.8. The van der Waals surface area contributed by atoms with Gasteiger partial charge in [-0.1, -0.05) is 0 Å². The van der Waals surface area contributed by atoms with Crippen molar-refractivity contribution in [1.29, 1.82) is 0 Å².